The van der Waals surface area contributed by atoms with Gasteiger partial charge in [-0.25, -0.2) is 0 Å². The van der Waals surface area contributed by atoms with E-state index in [0.717, 1.165) is 18.4 Å². The van der Waals surface area contributed by atoms with Crippen LogP contribution in [0.15, 0.2) is 29.3 Å². The summed E-state index contributed by atoms with van der Waals surface area (Å²) in [6.07, 6.45) is -3.50. The number of halogens is 5. The second kappa shape index (κ2) is 11.3. The first-order chi connectivity index (χ1) is 12.3. The van der Waals surface area contributed by atoms with Gasteiger partial charge in [0.2, 0.25) is 0 Å². The average molecular weight is 520 g/mol. The van der Waals surface area contributed by atoms with Crippen LogP contribution in [0.25, 0.3) is 0 Å². The first-order valence-electron chi connectivity index (χ1n) is 8.77. The van der Waals surface area contributed by atoms with Crippen LogP contribution in [0.1, 0.15) is 31.7 Å². The van der Waals surface area contributed by atoms with Gasteiger partial charge in [0.25, 0.3) is 0 Å². The van der Waals surface area contributed by atoms with Crippen molar-refractivity contribution >= 4 is 41.5 Å². The van der Waals surface area contributed by atoms with Crippen LogP contribution in [-0.4, -0.2) is 45.0 Å². The van der Waals surface area contributed by atoms with Gasteiger partial charge in [-0.1, -0.05) is 23.7 Å². The highest BCUT2D eigenvalue weighted by molar-refractivity contribution is 14.0. The van der Waals surface area contributed by atoms with E-state index in [-0.39, 0.29) is 35.9 Å². The third-order valence-electron chi connectivity index (χ3n) is 4.47. The van der Waals surface area contributed by atoms with Gasteiger partial charge in [-0.05, 0) is 37.5 Å². The van der Waals surface area contributed by atoms with Crippen molar-refractivity contribution in [1.29, 1.82) is 0 Å². The summed E-state index contributed by atoms with van der Waals surface area (Å²) >= 11 is 6.15. The maximum atomic E-state index is 12.4. The zero-order valence-electron chi connectivity index (χ0n) is 15.2. The number of hydrogen-bond donors (Lipinski definition) is 2. The number of nitrogens with zero attached hydrogens (tertiary/aromatic N) is 1. The van der Waals surface area contributed by atoms with Gasteiger partial charge in [0.05, 0.1) is 13.0 Å². The zero-order valence-corrected chi connectivity index (χ0v) is 18.3. The minimum atomic E-state index is -4.19. The molecule has 0 amide bonds. The van der Waals surface area contributed by atoms with Crippen LogP contribution >= 0.6 is 35.6 Å². The monoisotopic (exact) mass is 519 g/mol. The summed E-state index contributed by atoms with van der Waals surface area (Å²) in [5.41, 5.74) is 0.860. The number of alkyl halides is 3. The van der Waals surface area contributed by atoms with Crippen molar-refractivity contribution < 1.29 is 17.9 Å². The van der Waals surface area contributed by atoms with Gasteiger partial charge in [0.1, 0.15) is 0 Å². The van der Waals surface area contributed by atoms with E-state index in [0.29, 0.717) is 37.3 Å². The second-order valence-electron chi connectivity index (χ2n) is 6.39. The van der Waals surface area contributed by atoms with E-state index < -0.39 is 12.6 Å². The second-order valence-corrected chi connectivity index (χ2v) is 6.83. The lowest BCUT2D eigenvalue weighted by atomic mass is 9.74. The third kappa shape index (κ3) is 8.03. The molecule has 1 aliphatic heterocycles. The Balaban J connectivity index is 0.00000364. The minimum absolute atomic E-state index is 0. The Morgan fingerprint density at radius 1 is 1.26 bits per heavy atom. The van der Waals surface area contributed by atoms with Crippen LogP contribution in [0.5, 0.6) is 0 Å². The fourth-order valence-electron chi connectivity index (χ4n) is 3.01. The van der Waals surface area contributed by atoms with E-state index >= 15 is 0 Å². The van der Waals surface area contributed by atoms with Crippen LogP contribution in [0, 0.1) is 0 Å². The summed E-state index contributed by atoms with van der Waals surface area (Å²) in [6, 6.07) is 7.69. The fraction of sp³-hybridized carbons (Fsp3) is 0.611. The van der Waals surface area contributed by atoms with Crippen LogP contribution < -0.4 is 10.6 Å². The molecule has 4 nitrogen and oxygen atoms in total. The number of benzene rings is 1. The summed E-state index contributed by atoms with van der Waals surface area (Å²) < 4.78 is 42.6. The van der Waals surface area contributed by atoms with Gasteiger partial charge in [-0.3, -0.25) is 4.99 Å². The Hall–Kier alpha value is -0.740. The van der Waals surface area contributed by atoms with Crippen LogP contribution in [0.2, 0.25) is 5.02 Å². The van der Waals surface area contributed by atoms with E-state index in [9.17, 15) is 13.2 Å². The molecule has 0 aromatic heterocycles. The molecule has 154 valence electrons. The molecule has 0 unspecified atom stereocenters. The smallest absolute Gasteiger partial charge is 0.381 e. The van der Waals surface area contributed by atoms with Crippen molar-refractivity contribution in [3.8, 4) is 0 Å². The fourth-order valence-corrected chi connectivity index (χ4v) is 3.20. The minimum Gasteiger partial charge on any atom is -0.381 e. The van der Waals surface area contributed by atoms with Gasteiger partial charge in [0.15, 0.2) is 5.96 Å². The molecule has 1 heterocycles. The topological polar surface area (TPSA) is 45.7 Å². The molecule has 1 saturated heterocycles. The molecular formula is C18H26ClF3IN3O. The molecule has 2 N–H and O–H groups in total. The number of aliphatic imine (C=N–C) groups is 1. The molecule has 1 aliphatic rings. The van der Waals surface area contributed by atoms with Gasteiger partial charge in [0, 0.05) is 36.7 Å². The molecule has 0 radical (unpaired) electrons. The Labute approximate surface area is 180 Å². The molecule has 2 rings (SSSR count). The van der Waals surface area contributed by atoms with Crippen LogP contribution in [0.4, 0.5) is 13.2 Å². The molecule has 1 aromatic carbocycles. The molecule has 0 bridgehead atoms. The highest BCUT2D eigenvalue weighted by Crippen LogP contribution is 2.36. The highest BCUT2D eigenvalue weighted by Gasteiger charge is 2.34. The summed E-state index contributed by atoms with van der Waals surface area (Å²) in [4.78, 5) is 4.56. The Kier molecular flexibility index (Phi) is 10.2. The number of rotatable bonds is 6. The molecule has 0 spiro atoms. The number of guanidine groups is 1. The van der Waals surface area contributed by atoms with E-state index in [1.807, 2.05) is 31.2 Å². The van der Waals surface area contributed by atoms with Crippen molar-refractivity contribution in [2.45, 2.75) is 37.8 Å². The molecule has 0 atom stereocenters. The largest absolute Gasteiger partial charge is 0.390 e. The number of ether oxygens (including phenoxy) is 1. The third-order valence-corrected chi connectivity index (χ3v) is 4.71. The molecule has 1 fully saturated rings. The van der Waals surface area contributed by atoms with Crippen molar-refractivity contribution in [2.24, 2.45) is 4.99 Å². The van der Waals surface area contributed by atoms with E-state index in [1.54, 1.807) is 0 Å². The maximum absolute atomic E-state index is 12.4. The first-order valence-corrected chi connectivity index (χ1v) is 9.15. The van der Waals surface area contributed by atoms with E-state index in [4.69, 9.17) is 16.3 Å². The lowest BCUT2D eigenvalue weighted by Gasteiger charge is -2.36. The van der Waals surface area contributed by atoms with Gasteiger partial charge in [-0.2, -0.15) is 13.2 Å². The summed E-state index contributed by atoms with van der Waals surface area (Å²) in [5.74, 6) is 0.393. The van der Waals surface area contributed by atoms with Gasteiger partial charge in [-0.15, -0.1) is 24.0 Å². The van der Waals surface area contributed by atoms with Crippen molar-refractivity contribution in [3.63, 3.8) is 0 Å². The molecule has 0 saturated carbocycles. The molecule has 9 heteroatoms. The summed E-state index contributed by atoms with van der Waals surface area (Å²) in [7, 11) is 0. The van der Waals surface area contributed by atoms with Gasteiger partial charge >= 0.3 is 6.18 Å². The quantitative estimate of drug-likeness (QED) is 0.330. The van der Waals surface area contributed by atoms with Crippen molar-refractivity contribution in [2.75, 3.05) is 32.8 Å². The maximum Gasteiger partial charge on any atom is 0.390 e. The molecule has 0 aliphatic carbocycles. The Bertz CT molecular complexity index is 608. The van der Waals surface area contributed by atoms with Crippen molar-refractivity contribution in [3.05, 3.63) is 34.9 Å². The van der Waals surface area contributed by atoms with Crippen molar-refractivity contribution in [1.82, 2.24) is 10.6 Å². The summed E-state index contributed by atoms with van der Waals surface area (Å²) in [6.45, 7) is 3.95. The number of hydrogen-bond acceptors (Lipinski definition) is 2. The molecule has 1 aromatic rings. The lowest BCUT2D eigenvalue weighted by molar-refractivity contribution is -0.132. The lowest BCUT2D eigenvalue weighted by Crippen LogP contribution is -2.42. The van der Waals surface area contributed by atoms with Crippen LogP contribution in [0.3, 0.4) is 0 Å². The first kappa shape index (κ1) is 24.3. The summed E-state index contributed by atoms with van der Waals surface area (Å²) in [5, 5.41) is 6.42. The Morgan fingerprint density at radius 3 is 2.56 bits per heavy atom. The number of nitrogens with one attached hydrogen (secondary N) is 2. The predicted octanol–water partition coefficient (Wildman–Crippen LogP) is 4.51. The molecule has 27 heavy (non-hydrogen) atoms. The highest BCUT2D eigenvalue weighted by atomic mass is 127. The zero-order chi connectivity index (χ0) is 19.0. The molecular weight excluding hydrogens is 494 g/mol. The standard InChI is InChI=1S/C18H25ClF3N3O.HI/c1-2-23-16(24-9-6-18(20,21)22)25-13-17(7-10-26-11-8-17)14-4-3-5-15(19)12-14;/h3-5,12H,2,6-11,13H2,1H3,(H2,23,24,25);1H. The Morgan fingerprint density at radius 2 is 1.96 bits per heavy atom. The predicted molar refractivity (Wildman–Crippen MR) is 113 cm³/mol. The average Bonchev–Trinajstić information content (AvgIpc) is 2.59. The van der Waals surface area contributed by atoms with E-state index in [1.165, 1.54) is 0 Å². The van der Waals surface area contributed by atoms with Gasteiger partial charge < -0.3 is 15.4 Å². The van der Waals surface area contributed by atoms with E-state index in [2.05, 4.69) is 15.6 Å². The normalized spacial score (nSPS) is 17.1. The SMILES string of the molecule is CCNC(=NCC1(c2cccc(Cl)c2)CCOCC1)NCCC(F)(F)F.I. The van der Waals surface area contributed by atoms with Crippen LogP contribution in [-0.2, 0) is 10.2 Å².